The molecule has 1 saturated heterocycles. The third kappa shape index (κ3) is 1.63. The molecule has 0 bridgehead atoms. The van der Waals surface area contributed by atoms with Gasteiger partial charge in [-0.25, -0.2) is 0 Å². The van der Waals surface area contributed by atoms with Gasteiger partial charge in [0.05, 0.1) is 0 Å². The number of hydrogen-bond acceptors (Lipinski definition) is 3. The Kier molecular flexibility index (Phi) is 2.76. The molecule has 3 heteroatoms. The zero-order chi connectivity index (χ0) is 9.35. The van der Waals surface area contributed by atoms with Gasteiger partial charge >= 0.3 is 0 Å². The Morgan fingerprint density at radius 1 is 1.50 bits per heavy atom. The third-order valence-corrected chi connectivity index (χ3v) is 2.42. The minimum Gasteiger partial charge on any atom is -0.366 e. The Bertz CT molecular complexity index is 158. The van der Waals surface area contributed by atoms with Crippen molar-refractivity contribution in [2.24, 2.45) is 5.92 Å². The second-order valence-electron chi connectivity index (χ2n) is 3.88. The van der Waals surface area contributed by atoms with E-state index in [0.717, 1.165) is 6.42 Å². The molecular weight excluding hydrogens is 156 g/mol. The van der Waals surface area contributed by atoms with Crippen LogP contribution in [0.2, 0.25) is 0 Å². The van der Waals surface area contributed by atoms with Crippen molar-refractivity contribution in [1.82, 2.24) is 0 Å². The molecule has 1 aliphatic heterocycles. The van der Waals surface area contributed by atoms with Crippen molar-refractivity contribution in [3.63, 3.8) is 0 Å². The number of aliphatic hydroxyl groups is 1. The molecule has 1 fully saturated rings. The van der Waals surface area contributed by atoms with Gasteiger partial charge in [-0.1, -0.05) is 20.8 Å². The molecule has 72 valence electrons. The molecule has 12 heavy (non-hydrogen) atoms. The molecule has 0 saturated carbocycles. The quantitative estimate of drug-likeness (QED) is 0.689. The van der Waals surface area contributed by atoms with E-state index in [0.29, 0.717) is 0 Å². The van der Waals surface area contributed by atoms with Crippen LogP contribution < -0.4 is 0 Å². The SMILES string of the molecule is CCC1(C)OC(C(C)C)OC1O. The second kappa shape index (κ2) is 3.32. The van der Waals surface area contributed by atoms with Gasteiger partial charge in [0.25, 0.3) is 0 Å². The molecule has 1 rings (SSSR count). The highest BCUT2D eigenvalue weighted by Crippen LogP contribution is 2.33. The van der Waals surface area contributed by atoms with E-state index in [1.807, 2.05) is 27.7 Å². The van der Waals surface area contributed by atoms with Gasteiger partial charge in [-0.3, -0.25) is 0 Å². The predicted molar refractivity (Wildman–Crippen MR) is 45.5 cm³/mol. The summed E-state index contributed by atoms with van der Waals surface area (Å²) in [6, 6.07) is 0. The van der Waals surface area contributed by atoms with Gasteiger partial charge in [0.2, 0.25) is 0 Å². The van der Waals surface area contributed by atoms with Gasteiger partial charge in [-0.05, 0) is 13.3 Å². The largest absolute Gasteiger partial charge is 0.366 e. The molecule has 0 spiro atoms. The second-order valence-corrected chi connectivity index (χ2v) is 3.88. The molecule has 0 aromatic carbocycles. The topological polar surface area (TPSA) is 38.7 Å². The van der Waals surface area contributed by atoms with E-state index in [4.69, 9.17) is 9.47 Å². The first kappa shape index (κ1) is 9.96. The zero-order valence-electron chi connectivity index (χ0n) is 8.20. The lowest BCUT2D eigenvalue weighted by Gasteiger charge is -2.23. The Hall–Kier alpha value is -0.120. The van der Waals surface area contributed by atoms with E-state index in [1.165, 1.54) is 0 Å². The number of rotatable bonds is 2. The Balaban J connectivity index is 2.61. The number of ether oxygens (including phenoxy) is 2. The van der Waals surface area contributed by atoms with Crippen molar-refractivity contribution in [2.45, 2.75) is 52.3 Å². The summed E-state index contributed by atoms with van der Waals surface area (Å²) < 4.78 is 10.9. The van der Waals surface area contributed by atoms with Crippen LogP contribution in [-0.4, -0.2) is 23.3 Å². The van der Waals surface area contributed by atoms with Crippen molar-refractivity contribution >= 4 is 0 Å². The molecule has 1 aliphatic rings. The summed E-state index contributed by atoms with van der Waals surface area (Å²) in [6.07, 6.45) is -0.281. The average molecular weight is 174 g/mol. The molecule has 0 aliphatic carbocycles. The summed E-state index contributed by atoms with van der Waals surface area (Å²) in [7, 11) is 0. The molecular formula is C9H18O3. The lowest BCUT2D eigenvalue weighted by molar-refractivity contribution is -0.133. The number of aliphatic hydroxyl groups excluding tert-OH is 1. The molecule has 0 amide bonds. The lowest BCUT2D eigenvalue weighted by atomic mass is 10.0. The Labute approximate surface area is 73.7 Å². The van der Waals surface area contributed by atoms with Crippen LogP contribution in [0, 0.1) is 5.92 Å². The van der Waals surface area contributed by atoms with Gasteiger partial charge in [-0.15, -0.1) is 0 Å². The van der Waals surface area contributed by atoms with Crippen LogP contribution in [0.5, 0.6) is 0 Å². The first-order valence-electron chi connectivity index (χ1n) is 4.51. The normalized spacial score (nSPS) is 42.5. The van der Waals surface area contributed by atoms with Crippen molar-refractivity contribution in [3.8, 4) is 0 Å². The Morgan fingerprint density at radius 2 is 2.08 bits per heavy atom. The molecule has 3 atom stereocenters. The maximum atomic E-state index is 9.52. The molecule has 1 heterocycles. The fourth-order valence-corrected chi connectivity index (χ4v) is 1.17. The summed E-state index contributed by atoms with van der Waals surface area (Å²) in [6.45, 7) is 7.88. The van der Waals surface area contributed by atoms with Crippen LogP contribution in [0.4, 0.5) is 0 Å². The molecule has 1 N–H and O–H groups in total. The summed E-state index contributed by atoms with van der Waals surface area (Å²) >= 11 is 0. The van der Waals surface area contributed by atoms with Crippen LogP contribution in [0.1, 0.15) is 34.1 Å². The first-order chi connectivity index (χ1) is 5.49. The summed E-state index contributed by atoms with van der Waals surface area (Å²) in [5.74, 6) is 0.285. The summed E-state index contributed by atoms with van der Waals surface area (Å²) in [5.41, 5.74) is -0.519. The lowest BCUT2D eigenvalue weighted by Crippen LogP contribution is -2.35. The molecule has 0 radical (unpaired) electrons. The average Bonchev–Trinajstić information content (AvgIpc) is 2.30. The van der Waals surface area contributed by atoms with Gasteiger partial charge in [0.15, 0.2) is 12.6 Å². The monoisotopic (exact) mass is 174 g/mol. The maximum Gasteiger partial charge on any atom is 0.186 e. The highest BCUT2D eigenvalue weighted by atomic mass is 16.8. The van der Waals surface area contributed by atoms with Crippen molar-refractivity contribution < 1.29 is 14.6 Å². The van der Waals surface area contributed by atoms with Crippen molar-refractivity contribution in [3.05, 3.63) is 0 Å². The van der Waals surface area contributed by atoms with Crippen LogP contribution in [0.15, 0.2) is 0 Å². The van der Waals surface area contributed by atoms with E-state index in [2.05, 4.69) is 0 Å². The molecule has 0 aromatic heterocycles. The zero-order valence-corrected chi connectivity index (χ0v) is 8.20. The standard InChI is InChI=1S/C9H18O3/c1-5-9(4)8(10)11-7(12-9)6(2)3/h6-8,10H,5H2,1-4H3. The fourth-order valence-electron chi connectivity index (χ4n) is 1.17. The van der Waals surface area contributed by atoms with Crippen molar-refractivity contribution in [2.75, 3.05) is 0 Å². The van der Waals surface area contributed by atoms with E-state index in [1.54, 1.807) is 0 Å². The van der Waals surface area contributed by atoms with E-state index in [-0.39, 0.29) is 12.2 Å². The smallest absolute Gasteiger partial charge is 0.186 e. The third-order valence-electron chi connectivity index (χ3n) is 2.42. The molecule has 3 unspecified atom stereocenters. The van der Waals surface area contributed by atoms with E-state index < -0.39 is 11.9 Å². The predicted octanol–water partition coefficient (Wildman–Crippen LogP) is 1.50. The highest BCUT2D eigenvalue weighted by molar-refractivity contribution is 4.83. The summed E-state index contributed by atoms with van der Waals surface area (Å²) in [5, 5.41) is 9.52. The molecule has 0 aromatic rings. The van der Waals surface area contributed by atoms with Gasteiger partial charge in [-0.2, -0.15) is 0 Å². The van der Waals surface area contributed by atoms with E-state index >= 15 is 0 Å². The minimum absolute atomic E-state index is 0.259. The summed E-state index contributed by atoms with van der Waals surface area (Å²) in [4.78, 5) is 0. The Morgan fingerprint density at radius 3 is 2.33 bits per heavy atom. The van der Waals surface area contributed by atoms with Crippen LogP contribution in [0.3, 0.4) is 0 Å². The van der Waals surface area contributed by atoms with Gasteiger partial charge in [0, 0.05) is 5.92 Å². The minimum atomic E-state index is -0.783. The van der Waals surface area contributed by atoms with E-state index in [9.17, 15) is 5.11 Å². The number of hydrogen-bond donors (Lipinski definition) is 1. The van der Waals surface area contributed by atoms with Gasteiger partial charge in [0.1, 0.15) is 5.60 Å². The maximum absolute atomic E-state index is 9.52. The highest BCUT2D eigenvalue weighted by Gasteiger charge is 2.44. The van der Waals surface area contributed by atoms with Crippen LogP contribution in [-0.2, 0) is 9.47 Å². The van der Waals surface area contributed by atoms with Gasteiger partial charge < -0.3 is 14.6 Å². The van der Waals surface area contributed by atoms with Crippen molar-refractivity contribution in [1.29, 1.82) is 0 Å². The van der Waals surface area contributed by atoms with Crippen LogP contribution in [0.25, 0.3) is 0 Å². The fraction of sp³-hybridized carbons (Fsp3) is 1.00. The molecule has 3 nitrogen and oxygen atoms in total. The first-order valence-corrected chi connectivity index (χ1v) is 4.51. The van der Waals surface area contributed by atoms with Crippen LogP contribution >= 0.6 is 0 Å².